The Balaban J connectivity index is 1.51. The first-order valence-corrected chi connectivity index (χ1v) is 11.5. The Kier molecular flexibility index (Phi) is 6.25. The van der Waals surface area contributed by atoms with Gasteiger partial charge in [-0.2, -0.15) is 21.9 Å². The van der Waals surface area contributed by atoms with Crippen LogP contribution in [-0.2, 0) is 20.6 Å². The number of thioether (sulfide) groups is 1. The summed E-state index contributed by atoms with van der Waals surface area (Å²) in [5, 5.41) is 13.2. The highest BCUT2D eigenvalue weighted by Gasteiger charge is 2.54. The molecule has 13 nitrogen and oxygen atoms in total. The second kappa shape index (κ2) is 8.87. The number of hydrogen-bond donors (Lipinski definition) is 3. The third-order valence-corrected chi connectivity index (χ3v) is 7.25. The summed E-state index contributed by atoms with van der Waals surface area (Å²) in [6.45, 7) is 0. The average Bonchev–Trinajstić information content (AvgIpc) is 3.41. The van der Waals surface area contributed by atoms with Crippen molar-refractivity contribution in [2.75, 3.05) is 5.73 Å². The highest BCUT2D eigenvalue weighted by molar-refractivity contribution is 8.03. The summed E-state index contributed by atoms with van der Waals surface area (Å²) in [7, 11) is 0. The smallest absolute Gasteiger partial charge is 0.444 e. The number of carboxylic acid groups (broad SMARTS) is 1. The van der Waals surface area contributed by atoms with Gasteiger partial charge in [0, 0.05) is 16.4 Å². The number of nitrogens with one attached hydrogen (secondary N) is 1. The molecule has 0 saturated carbocycles. The summed E-state index contributed by atoms with van der Waals surface area (Å²) >= 11 is 1.50. The molecule has 2 aliphatic rings. The fourth-order valence-electron chi connectivity index (χ4n) is 3.41. The molecule has 34 heavy (non-hydrogen) atoms. The first-order valence-electron chi connectivity index (χ1n) is 9.11. The zero-order valence-electron chi connectivity index (χ0n) is 16.3. The molecule has 2 amide bonds. The van der Waals surface area contributed by atoms with Gasteiger partial charge < -0.3 is 16.2 Å². The van der Waals surface area contributed by atoms with Crippen molar-refractivity contribution in [3.63, 3.8) is 0 Å². The predicted molar refractivity (Wildman–Crippen MR) is 110 cm³/mol. The van der Waals surface area contributed by atoms with E-state index >= 15 is 0 Å². The summed E-state index contributed by atoms with van der Waals surface area (Å²) in [6.07, 6.45) is -4.43. The lowest BCUT2D eigenvalue weighted by Crippen LogP contribution is -2.71. The van der Waals surface area contributed by atoms with E-state index in [0.29, 0.717) is 11.8 Å². The topological polar surface area (TPSA) is 194 Å². The number of aromatic nitrogens is 4. The van der Waals surface area contributed by atoms with Crippen molar-refractivity contribution < 1.29 is 32.7 Å². The van der Waals surface area contributed by atoms with Gasteiger partial charge in [0.15, 0.2) is 11.0 Å². The minimum atomic E-state index is -4.69. The Hall–Kier alpha value is -3.19. The number of amides is 2. The van der Waals surface area contributed by atoms with E-state index in [2.05, 4.69) is 29.2 Å². The molecule has 0 aromatic carbocycles. The van der Waals surface area contributed by atoms with Gasteiger partial charge in [-0.15, -0.1) is 4.91 Å². The monoisotopic (exact) mass is 536 g/mol. The molecule has 3 atom stereocenters. The van der Waals surface area contributed by atoms with Gasteiger partial charge in [-0.3, -0.25) is 14.5 Å². The van der Waals surface area contributed by atoms with E-state index in [-0.39, 0.29) is 45.4 Å². The highest BCUT2D eigenvalue weighted by atomic mass is 32.2. The molecular weight excluding hydrogens is 525 g/mol. The average molecular weight is 536 g/mol. The lowest BCUT2D eigenvalue weighted by atomic mass is 9.86. The number of carboxylic acids is 1. The zero-order valence-corrected chi connectivity index (χ0v) is 18.8. The first kappa shape index (κ1) is 24.0. The van der Waals surface area contributed by atoms with Crippen molar-refractivity contribution in [3.05, 3.63) is 26.3 Å². The molecule has 1 saturated heterocycles. The number of aliphatic carboxylic acids is 1. The van der Waals surface area contributed by atoms with E-state index in [1.165, 1.54) is 0 Å². The Morgan fingerprint density at radius 3 is 2.59 bits per heavy atom. The Labute approximate surface area is 198 Å². The maximum Gasteiger partial charge on any atom is 0.444 e. The second-order valence-electron chi connectivity index (χ2n) is 6.86. The number of allylic oxidation sites excluding steroid dienone is 1. The lowest BCUT2D eigenvalue weighted by Gasteiger charge is -2.50. The lowest BCUT2D eigenvalue weighted by molar-refractivity contribution is -0.156. The number of anilines is 1. The molecule has 19 heteroatoms. The number of nitrogens with zero attached hydrogens (tertiary/aromatic N) is 6. The van der Waals surface area contributed by atoms with Crippen molar-refractivity contribution >= 4 is 57.7 Å². The van der Waals surface area contributed by atoms with E-state index in [0.717, 1.165) is 16.4 Å². The molecule has 2 aliphatic heterocycles. The van der Waals surface area contributed by atoms with Crippen LogP contribution in [0.2, 0.25) is 0 Å². The second-order valence-corrected chi connectivity index (χ2v) is 9.46. The number of carbonyl (C=O) groups is 3. The highest BCUT2D eigenvalue weighted by Crippen LogP contribution is 2.43. The van der Waals surface area contributed by atoms with Gasteiger partial charge in [-0.05, 0) is 29.6 Å². The van der Waals surface area contributed by atoms with Gasteiger partial charge in [-0.1, -0.05) is 11.8 Å². The number of β-lactam (4-membered cyclic amide) rings is 1. The number of halogens is 3. The summed E-state index contributed by atoms with van der Waals surface area (Å²) in [5.74, 6) is -3.45. The molecule has 2 aromatic rings. The maximum atomic E-state index is 12.8. The fourth-order valence-corrected chi connectivity index (χ4v) is 5.48. The van der Waals surface area contributed by atoms with E-state index in [9.17, 15) is 37.6 Å². The minimum Gasteiger partial charge on any atom is -0.477 e. The van der Waals surface area contributed by atoms with E-state index < -0.39 is 52.8 Å². The molecule has 0 bridgehead atoms. The normalized spacial score (nSPS) is 21.0. The summed E-state index contributed by atoms with van der Waals surface area (Å²) in [5.41, 5.74) is 5.00. The van der Waals surface area contributed by atoms with E-state index in [1.54, 1.807) is 0 Å². The molecule has 1 fully saturated rings. The number of nitrogens with two attached hydrogens (primary N) is 1. The van der Waals surface area contributed by atoms with Gasteiger partial charge in [0.2, 0.25) is 16.2 Å². The maximum absolute atomic E-state index is 12.8. The fraction of sp³-hybridized carbons (Fsp3) is 0.400. The van der Waals surface area contributed by atoms with Crippen molar-refractivity contribution in [1.29, 1.82) is 0 Å². The van der Waals surface area contributed by atoms with Gasteiger partial charge in [0.05, 0.1) is 6.04 Å². The number of hydrogen-bond acceptors (Lipinski definition) is 13. The van der Waals surface area contributed by atoms with Gasteiger partial charge in [-0.25, -0.2) is 14.8 Å². The molecule has 180 valence electrons. The number of rotatable bonds is 7. The number of carbonyl (C=O) groups excluding carboxylic acids is 2. The third kappa shape index (κ3) is 4.32. The SMILES string of the molecule is Nc1nc(C(N=O)C(=O)NC2C(=O)N3C(C(=O)O)=C(Sc4nsc(C(F)(F)F)n4)CCC23)ns1. The Morgan fingerprint density at radius 1 is 1.29 bits per heavy atom. The number of alkyl halides is 3. The Bertz CT molecular complexity index is 1210. The van der Waals surface area contributed by atoms with Crippen molar-refractivity contribution in [3.8, 4) is 0 Å². The molecule has 4 N–H and O–H groups in total. The summed E-state index contributed by atoms with van der Waals surface area (Å²) in [6, 6.07) is -3.54. The van der Waals surface area contributed by atoms with Crippen LogP contribution in [-0.4, -0.2) is 58.6 Å². The standard InChI is InChI=1S/C15H11F3N8O5S3/c16-15(17,18)12-22-14(25-33-12)32-4-2-1-3-5(10(28)26(3)7(4)11(29)30)20-9(27)6(23-31)8-21-13(19)34-24-8/h3,5-6H,1-2H2,(H,20,27)(H,29,30)(H2,19,21,24). The van der Waals surface area contributed by atoms with Crippen LogP contribution in [0.5, 0.6) is 0 Å². The van der Waals surface area contributed by atoms with Crippen LogP contribution in [0.1, 0.15) is 29.7 Å². The van der Waals surface area contributed by atoms with E-state index in [4.69, 9.17) is 5.73 Å². The van der Waals surface area contributed by atoms with Crippen molar-refractivity contribution in [2.24, 2.45) is 5.18 Å². The number of nitroso groups, excluding NO2 is 1. The first-order chi connectivity index (χ1) is 16.0. The van der Waals surface area contributed by atoms with Crippen LogP contribution in [0.3, 0.4) is 0 Å². The molecule has 0 radical (unpaired) electrons. The minimum absolute atomic E-state index is 0.00727. The number of nitrogen functional groups attached to an aromatic ring is 1. The predicted octanol–water partition coefficient (Wildman–Crippen LogP) is 1.38. The van der Waals surface area contributed by atoms with Crippen LogP contribution in [0.15, 0.2) is 20.9 Å². The van der Waals surface area contributed by atoms with Crippen molar-refractivity contribution in [2.45, 2.75) is 42.3 Å². The van der Waals surface area contributed by atoms with Gasteiger partial charge in [0.25, 0.3) is 11.8 Å². The molecule has 3 unspecified atom stereocenters. The van der Waals surface area contributed by atoms with Crippen LogP contribution in [0.25, 0.3) is 0 Å². The largest absolute Gasteiger partial charge is 0.477 e. The molecule has 0 aliphatic carbocycles. The van der Waals surface area contributed by atoms with Crippen molar-refractivity contribution in [1.82, 2.24) is 28.9 Å². The van der Waals surface area contributed by atoms with Crippen LogP contribution in [0.4, 0.5) is 18.3 Å². The zero-order chi connectivity index (χ0) is 24.8. The quantitative estimate of drug-likeness (QED) is 0.342. The molecule has 4 heterocycles. The van der Waals surface area contributed by atoms with Gasteiger partial charge in [0.1, 0.15) is 11.7 Å². The van der Waals surface area contributed by atoms with Crippen LogP contribution in [0, 0.1) is 4.91 Å². The summed E-state index contributed by atoms with van der Waals surface area (Å²) in [4.78, 5) is 56.3. The van der Waals surface area contributed by atoms with E-state index in [1.807, 2.05) is 0 Å². The molecule has 4 rings (SSSR count). The van der Waals surface area contributed by atoms with Gasteiger partial charge >= 0.3 is 12.1 Å². The number of fused-ring (bicyclic) bond motifs is 1. The molecule has 2 aromatic heterocycles. The molecular formula is C15H11F3N8O5S3. The third-order valence-electron chi connectivity index (χ3n) is 4.81. The Morgan fingerprint density at radius 2 is 2.03 bits per heavy atom. The van der Waals surface area contributed by atoms with Crippen LogP contribution < -0.4 is 11.1 Å². The summed E-state index contributed by atoms with van der Waals surface area (Å²) < 4.78 is 45.6. The van der Waals surface area contributed by atoms with Crippen LogP contribution >= 0.6 is 34.8 Å². The molecule has 0 spiro atoms.